The molecule has 1 amide bonds. The Morgan fingerprint density at radius 2 is 2.04 bits per heavy atom. The zero-order chi connectivity index (χ0) is 15.6. The molecule has 2 atom stereocenters. The fraction of sp³-hybridized carbons (Fsp3) is 0.500. The number of hydrogen-bond acceptors (Lipinski definition) is 5. The van der Waals surface area contributed by atoms with Gasteiger partial charge >= 0.3 is 0 Å². The molecule has 1 aromatic carbocycles. The van der Waals surface area contributed by atoms with Crippen LogP contribution in [0.4, 0.5) is 0 Å². The Morgan fingerprint density at radius 1 is 1.22 bits per heavy atom. The first kappa shape index (κ1) is 14.7. The summed E-state index contributed by atoms with van der Waals surface area (Å²) in [6.07, 6.45) is 4.45. The summed E-state index contributed by atoms with van der Waals surface area (Å²) < 4.78 is 1.84. The van der Waals surface area contributed by atoms with Crippen molar-refractivity contribution in [1.82, 2.24) is 25.5 Å². The minimum Gasteiger partial charge on any atom is -0.352 e. The molecule has 2 saturated carbocycles. The third kappa shape index (κ3) is 3.24. The number of nitrogens with one attached hydrogen (secondary N) is 1. The van der Waals surface area contributed by atoms with Crippen LogP contribution in [-0.2, 0) is 4.79 Å². The van der Waals surface area contributed by atoms with E-state index in [0.29, 0.717) is 17.7 Å². The van der Waals surface area contributed by atoms with Crippen LogP contribution in [0.2, 0.25) is 0 Å². The Bertz CT molecular complexity index is 685. The Labute approximate surface area is 139 Å². The molecule has 4 rings (SSSR count). The molecule has 2 aliphatic carbocycles. The van der Waals surface area contributed by atoms with Gasteiger partial charge in [-0.3, -0.25) is 4.79 Å². The highest BCUT2D eigenvalue weighted by atomic mass is 32.2. The third-order valence-corrected chi connectivity index (χ3v) is 5.47. The maximum atomic E-state index is 12.2. The number of carbonyl (C=O) groups is 1. The van der Waals surface area contributed by atoms with Gasteiger partial charge < -0.3 is 5.32 Å². The van der Waals surface area contributed by atoms with Gasteiger partial charge in [-0.1, -0.05) is 42.1 Å². The standard InChI is InChI=1S/C16H19N5OS/c22-15(10-23-16-18-19-20-21(16)12-6-7-12)17-14-9-8-13(14)11-4-2-1-3-5-11/h1-5,12-14H,6-10H2,(H,17,22). The van der Waals surface area contributed by atoms with E-state index in [4.69, 9.17) is 0 Å². The lowest BCUT2D eigenvalue weighted by molar-refractivity contribution is -0.119. The number of benzene rings is 1. The molecule has 0 bridgehead atoms. The molecule has 1 N–H and O–H groups in total. The minimum absolute atomic E-state index is 0.0611. The molecular weight excluding hydrogens is 310 g/mol. The van der Waals surface area contributed by atoms with E-state index in [-0.39, 0.29) is 11.9 Å². The van der Waals surface area contributed by atoms with E-state index in [1.54, 1.807) is 0 Å². The number of carbonyl (C=O) groups excluding carboxylic acids is 1. The van der Waals surface area contributed by atoms with Crippen LogP contribution in [0.3, 0.4) is 0 Å². The van der Waals surface area contributed by atoms with Gasteiger partial charge in [-0.05, 0) is 41.7 Å². The van der Waals surface area contributed by atoms with Crippen molar-refractivity contribution in [2.75, 3.05) is 5.75 Å². The number of tetrazole rings is 1. The van der Waals surface area contributed by atoms with Crippen molar-refractivity contribution < 1.29 is 4.79 Å². The quantitative estimate of drug-likeness (QED) is 0.822. The summed E-state index contributed by atoms with van der Waals surface area (Å²) in [7, 11) is 0. The maximum absolute atomic E-state index is 12.2. The van der Waals surface area contributed by atoms with Crippen molar-refractivity contribution in [2.24, 2.45) is 0 Å². The molecule has 120 valence electrons. The second-order valence-electron chi connectivity index (χ2n) is 6.19. The van der Waals surface area contributed by atoms with E-state index in [1.807, 2.05) is 10.7 Å². The van der Waals surface area contributed by atoms with Crippen molar-refractivity contribution in [3.05, 3.63) is 35.9 Å². The topological polar surface area (TPSA) is 72.7 Å². The first-order valence-electron chi connectivity index (χ1n) is 8.06. The number of hydrogen-bond donors (Lipinski definition) is 1. The normalized spacial score (nSPS) is 23.3. The fourth-order valence-electron chi connectivity index (χ4n) is 2.98. The minimum atomic E-state index is 0.0611. The lowest BCUT2D eigenvalue weighted by Crippen LogP contribution is -2.46. The predicted octanol–water partition coefficient (Wildman–Crippen LogP) is 2.16. The fourth-order valence-corrected chi connectivity index (χ4v) is 3.73. The van der Waals surface area contributed by atoms with Gasteiger partial charge in [0.05, 0.1) is 11.8 Å². The van der Waals surface area contributed by atoms with E-state index in [1.165, 1.54) is 17.3 Å². The number of aromatic nitrogens is 4. The number of rotatable bonds is 6. The molecule has 2 fully saturated rings. The van der Waals surface area contributed by atoms with Crippen LogP contribution in [0.5, 0.6) is 0 Å². The second kappa shape index (κ2) is 6.31. The average Bonchev–Trinajstić information content (AvgIpc) is 3.29. The van der Waals surface area contributed by atoms with Crippen molar-refractivity contribution in [1.29, 1.82) is 0 Å². The molecule has 0 radical (unpaired) electrons. The molecule has 2 aromatic rings. The summed E-state index contributed by atoms with van der Waals surface area (Å²) in [4.78, 5) is 12.2. The molecule has 1 aromatic heterocycles. The SMILES string of the molecule is O=C(CSc1nnnn1C1CC1)NC1CCC1c1ccccc1. The molecule has 0 saturated heterocycles. The van der Waals surface area contributed by atoms with Gasteiger partial charge in [0.2, 0.25) is 11.1 Å². The molecule has 7 heteroatoms. The van der Waals surface area contributed by atoms with Crippen molar-refractivity contribution >= 4 is 17.7 Å². The Balaban J connectivity index is 1.29. The molecular formula is C16H19N5OS. The van der Waals surface area contributed by atoms with Gasteiger partial charge in [0.25, 0.3) is 0 Å². The Hall–Kier alpha value is -1.89. The summed E-state index contributed by atoms with van der Waals surface area (Å²) >= 11 is 1.42. The zero-order valence-corrected chi connectivity index (χ0v) is 13.6. The number of thioether (sulfide) groups is 1. The molecule has 2 aliphatic rings. The Morgan fingerprint density at radius 3 is 2.74 bits per heavy atom. The Kier molecular flexibility index (Phi) is 4.03. The highest BCUT2D eigenvalue weighted by Crippen LogP contribution is 2.37. The van der Waals surface area contributed by atoms with Crippen LogP contribution >= 0.6 is 11.8 Å². The van der Waals surface area contributed by atoms with Crippen LogP contribution in [0.1, 0.15) is 43.2 Å². The van der Waals surface area contributed by atoms with Crippen molar-refractivity contribution in [3.8, 4) is 0 Å². The highest BCUT2D eigenvalue weighted by Gasteiger charge is 2.33. The van der Waals surface area contributed by atoms with Gasteiger partial charge in [-0.2, -0.15) is 0 Å². The molecule has 1 heterocycles. The van der Waals surface area contributed by atoms with Gasteiger partial charge in [0.1, 0.15) is 0 Å². The largest absolute Gasteiger partial charge is 0.352 e. The second-order valence-corrected chi connectivity index (χ2v) is 7.14. The summed E-state index contributed by atoms with van der Waals surface area (Å²) in [6.45, 7) is 0. The monoisotopic (exact) mass is 329 g/mol. The van der Waals surface area contributed by atoms with Gasteiger partial charge in [0, 0.05) is 12.0 Å². The van der Waals surface area contributed by atoms with Crippen molar-refractivity contribution in [2.45, 2.75) is 48.8 Å². The van der Waals surface area contributed by atoms with Crippen LogP contribution in [0.25, 0.3) is 0 Å². The summed E-state index contributed by atoms with van der Waals surface area (Å²) in [5, 5.41) is 15.6. The van der Waals surface area contributed by atoms with Crippen molar-refractivity contribution in [3.63, 3.8) is 0 Å². The van der Waals surface area contributed by atoms with Crippen LogP contribution in [0.15, 0.2) is 35.5 Å². The smallest absolute Gasteiger partial charge is 0.230 e. The van der Waals surface area contributed by atoms with Crippen LogP contribution in [-0.4, -0.2) is 37.9 Å². The van der Waals surface area contributed by atoms with E-state index >= 15 is 0 Å². The average molecular weight is 329 g/mol. The van der Waals surface area contributed by atoms with Crippen LogP contribution in [0, 0.1) is 0 Å². The summed E-state index contributed by atoms with van der Waals surface area (Å²) in [5.74, 6) is 0.873. The van der Waals surface area contributed by atoms with Gasteiger partial charge in [-0.15, -0.1) is 5.10 Å². The zero-order valence-electron chi connectivity index (χ0n) is 12.8. The van der Waals surface area contributed by atoms with E-state index < -0.39 is 0 Å². The van der Waals surface area contributed by atoms with E-state index in [0.717, 1.165) is 30.8 Å². The first-order chi connectivity index (χ1) is 11.3. The number of nitrogens with zero attached hydrogens (tertiary/aromatic N) is 4. The highest BCUT2D eigenvalue weighted by molar-refractivity contribution is 7.99. The first-order valence-corrected chi connectivity index (χ1v) is 9.05. The maximum Gasteiger partial charge on any atom is 0.230 e. The predicted molar refractivity (Wildman–Crippen MR) is 87.2 cm³/mol. The lowest BCUT2D eigenvalue weighted by atomic mass is 9.75. The lowest BCUT2D eigenvalue weighted by Gasteiger charge is -2.37. The number of amides is 1. The van der Waals surface area contributed by atoms with Crippen LogP contribution < -0.4 is 5.32 Å². The molecule has 6 nitrogen and oxygen atoms in total. The summed E-state index contributed by atoms with van der Waals surface area (Å²) in [5.41, 5.74) is 1.31. The molecule has 0 aliphatic heterocycles. The molecule has 23 heavy (non-hydrogen) atoms. The van der Waals surface area contributed by atoms with E-state index in [2.05, 4.69) is 45.1 Å². The van der Waals surface area contributed by atoms with Gasteiger partial charge in [-0.25, -0.2) is 4.68 Å². The third-order valence-electron chi connectivity index (χ3n) is 4.54. The van der Waals surface area contributed by atoms with Gasteiger partial charge in [0.15, 0.2) is 0 Å². The molecule has 2 unspecified atom stereocenters. The summed E-state index contributed by atoms with van der Waals surface area (Å²) in [6, 6.07) is 11.1. The van der Waals surface area contributed by atoms with E-state index in [9.17, 15) is 4.79 Å². The molecule has 0 spiro atoms.